The Morgan fingerprint density at radius 1 is 0.861 bits per heavy atom. The maximum Gasteiger partial charge on any atom is 0.261 e. The van der Waals surface area contributed by atoms with E-state index >= 15 is 0 Å². The molecule has 1 heterocycles. The topological polar surface area (TPSA) is 84.9 Å². The largest absolute Gasteiger partial charge is 0.457 e. The number of ether oxygens (including phenoxy) is 2. The van der Waals surface area contributed by atoms with Crippen LogP contribution < -0.4 is 10.1 Å². The van der Waals surface area contributed by atoms with Crippen molar-refractivity contribution in [2.24, 2.45) is 0 Å². The van der Waals surface area contributed by atoms with Crippen LogP contribution >= 0.6 is 0 Å². The van der Waals surface area contributed by atoms with E-state index < -0.39 is 5.91 Å². The molecule has 4 aromatic rings. The van der Waals surface area contributed by atoms with Crippen LogP contribution in [-0.2, 0) is 4.74 Å². The van der Waals surface area contributed by atoms with Crippen molar-refractivity contribution in [3.05, 3.63) is 102 Å². The van der Waals surface area contributed by atoms with Crippen LogP contribution in [0, 0.1) is 0 Å². The van der Waals surface area contributed by atoms with Gasteiger partial charge in [-0.3, -0.25) is 19.3 Å². The van der Waals surface area contributed by atoms with Crippen LogP contribution in [0.2, 0.25) is 0 Å². The predicted octanol–water partition coefficient (Wildman–Crippen LogP) is 5.52. The standard InChI is InChI=1S/C29H24N2O5/c1-35-17-5-16-31-28(33)24-15-10-20(18-25(24)29(31)34)27(32)30-21-11-13-22(14-12-21)36-26-9-4-7-19-6-2-3-8-23(19)26/h2-4,6-15,18H,5,16-17H2,1H3,(H,30,32). The molecule has 4 aromatic carbocycles. The number of benzene rings is 4. The molecule has 0 aliphatic carbocycles. The minimum atomic E-state index is -0.393. The zero-order chi connectivity index (χ0) is 25.1. The summed E-state index contributed by atoms with van der Waals surface area (Å²) in [5.41, 5.74) is 1.42. The van der Waals surface area contributed by atoms with E-state index in [9.17, 15) is 14.4 Å². The number of anilines is 1. The van der Waals surface area contributed by atoms with Crippen molar-refractivity contribution in [1.29, 1.82) is 0 Å². The average molecular weight is 481 g/mol. The van der Waals surface area contributed by atoms with Crippen molar-refractivity contribution >= 4 is 34.2 Å². The van der Waals surface area contributed by atoms with E-state index in [-0.39, 0.29) is 23.9 Å². The van der Waals surface area contributed by atoms with E-state index in [1.165, 1.54) is 17.0 Å². The third-order valence-corrected chi connectivity index (χ3v) is 6.05. The van der Waals surface area contributed by atoms with Crippen molar-refractivity contribution in [3.8, 4) is 11.5 Å². The van der Waals surface area contributed by atoms with Gasteiger partial charge in [-0.2, -0.15) is 0 Å². The third-order valence-electron chi connectivity index (χ3n) is 6.05. The number of imide groups is 1. The van der Waals surface area contributed by atoms with Crippen molar-refractivity contribution in [3.63, 3.8) is 0 Å². The van der Waals surface area contributed by atoms with Crippen LogP contribution in [0.15, 0.2) is 84.9 Å². The number of amides is 3. The van der Waals surface area contributed by atoms with Gasteiger partial charge < -0.3 is 14.8 Å². The zero-order valence-corrected chi connectivity index (χ0v) is 19.7. The molecule has 36 heavy (non-hydrogen) atoms. The molecule has 1 aliphatic rings. The molecule has 1 N–H and O–H groups in total. The summed E-state index contributed by atoms with van der Waals surface area (Å²) >= 11 is 0. The first-order valence-electron chi connectivity index (χ1n) is 11.6. The van der Waals surface area contributed by atoms with Gasteiger partial charge in [0, 0.05) is 36.9 Å². The van der Waals surface area contributed by atoms with Gasteiger partial charge in [0.25, 0.3) is 17.7 Å². The molecule has 0 aromatic heterocycles. The monoisotopic (exact) mass is 480 g/mol. The van der Waals surface area contributed by atoms with Gasteiger partial charge in [-0.15, -0.1) is 0 Å². The fraction of sp³-hybridized carbons (Fsp3) is 0.138. The molecular formula is C29H24N2O5. The molecule has 180 valence electrons. The van der Waals surface area contributed by atoms with E-state index in [0.717, 1.165) is 16.5 Å². The molecule has 7 nitrogen and oxygen atoms in total. The predicted molar refractivity (Wildman–Crippen MR) is 137 cm³/mol. The third kappa shape index (κ3) is 4.56. The van der Waals surface area contributed by atoms with Gasteiger partial charge >= 0.3 is 0 Å². The number of hydrogen-bond donors (Lipinski definition) is 1. The second-order valence-corrected chi connectivity index (χ2v) is 8.43. The van der Waals surface area contributed by atoms with E-state index in [4.69, 9.17) is 9.47 Å². The first kappa shape index (κ1) is 23.3. The Labute approximate surface area is 208 Å². The lowest BCUT2D eigenvalue weighted by atomic mass is 10.1. The number of fused-ring (bicyclic) bond motifs is 2. The Morgan fingerprint density at radius 2 is 1.61 bits per heavy atom. The van der Waals surface area contributed by atoms with Gasteiger partial charge in [0.2, 0.25) is 0 Å². The molecule has 0 bridgehead atoms. The number of hydrogen-bond acceptors (Lipinski definition) is 5. The summed E-state index contributed by atoms with van der Waals surface area (Å²) in [6.07, 6.45) is 0.551. The van der Waals surface area contributed by atoms with Crippen molar-refractivity contribution in [2.75, 3.05) is 25.6 Å². The summed E-state index contributed by atoms with van der Waals surface area (Å²) in [7, 11) is 1.57. The highest BCUT2D eigenvalue weighted by molar-refractivity contribution is 6.22. The lowest BCUT2D eigenvalue weighted by molar-refractivity contribution is 0.0638. The molecule has 0 saturated carbocycles. The quantitative estimate of drug-likeness (QED) is 0.265. The maximum absolute atomic E-state index is 12.8. The Balaban J connectivity index is 1.27. The van der Waals surface area contributed by atoms with Crippen molar-refractivity contribution in [1.82, 2.24) is 4.90 Å². The number of carbonyl (C=O) groups is 3. The fourth-order valence-corrected chi connectivity index (χ4v) is 4.22. The molecule has 0 atom stereocenters. The summed E-state index contributed by atoms with van der Waals surface area (Å²) in [6, 6.07) is 25.5. The normalized spacial score (nSPS) is 12.6. The highest BCUT2D eigenvalue weighted by Crippen LogP contribution is 2.30. The molecule has 0 spiro atoms. The Morgan fingerprint density at radius 3 is 2.42 bits per heavy atom. The van der Waals surface area contributed by atoms with E-state index in [0.29, 0.717) is 35.6 Å². The minimum absolute atomic E-state index is 0.240. The van der Waals surface area contributed by atoms with Crippen LogP contribution in [0.1, 0.15) is 37.5 Å². The summed E-state index contributed by atoms with van der Waals surface area (Å²) in [5.74, 6) is 0.271. The lowest BCUT2D eigenvalue weighted by Crippen LogP contribution is -2.31. The highest BCUT2D eigenvalue weighted by Gasteiger charge is 2.35. The average Bonchev–Trinajstić information content (AvgIpc) is 3.14. The van der Waals surface area contributed by atoms with Gasteiger partial charge in [-0.25, -0.2) is 0 Å². The van der Waals surface area contributed by atoms with Gasteiger partial charge in [0.15, 0.2) is 0 Å². The Bertz CT molecular complexity index is 1460. The SMILES string of the molecule is COCCCN1C(=O)c2ccc(C(=O)Nc3ccc(Oc4cccc5ccccc45)cc3)cc2C1=O. The molecule has 0 unspecified atom stereocenters. The highest BCUT2D eigenvalue weighted by atomic mass is 16.5. The van der Waals surface area contributed by atoms with Crippen molar-refractivity contribution < 1.29 is 23.9 Å². The maximum atomic E-state index is 12.8. The van der Waals surface area contributed by atoms with Gasteiger partial charge in [-0.05, 0) is 60.3 Å². The molecule has 3 amide bonds. The number of nitrogens with zero attached hydrogens (tertiary/aromatic N) is 1. The van der Waals surface area contributed by atoms with Crippen molar-refractivity contribution in [2.45, 2.75) is 6.42 Å². The minimum Gasteiger partial charge on any atom is -0.457 e. The van der Waals surface area contributed by atoms with Gasteiger partial charge in [0.05, 0.1) is 11.1 Å². The lowest BCUT2D eigenvalue weighted by Gasteiger charge is -2.12. The smallest absolute Gasteiger partial charge is 0.261 e. The number of rotatable bonds is 8. The first-order valence-corrected chi connectivity index (χ1v) is 11.6. The fourth-order valence-electron chi connectivity index (χ4n) is 4.22. The molecule has 1 aliphatic heterocycles. The van der Waals surface area contributed by atoms with Crippen LogP contribution in [0.25, 0.3) is 10.8 Å². The summed E-state index contributed by atoms with van der Waals surface area (Å²) in [6.45, 7) is 0.724. The number of methoxy groups -OCH3 is 1. The van der Waals surface area contributed by atoms with Crippen LogP contribution in [0.3, 0.4) is 0 Å². The molecule has 0 fully saturated rings. The van der Waals surface area contributed by atoms with E-state index in [1.807, 2.05) is 42.5 Å². The van der Waals surface area contributed by atoms with Crippen LogP contribution in [0.4, 0.5) is 5.69 Å². The molecule has 0 saturated heterocycles. The summed E-state index contributed by atoms with van der Waals surface area (Å²) in [4.78, 5) is 39.3. The number of nitrogens with one attached hydrogen (secondary N) is 1. The summed E-state index contributed by atoms with van der Waals surface area (Å²) < 4.78 is 11.1. The first-order chi connectivity index (χ1) is 17.5. The zero-order valence-electron chi connectivity index (χ0n) is 19.7. The van der Waals surface area contributed by atoms with Gasteiger partial charge in [-0.1, -0.05) is 36.4 Å². The van der Waals surface area contributed by atoms with E-state index in [2.05, 4.69) is 5.32 Å². The second-order valence-electron chi connectivity index (χ2n) is 8.43. The van der Waals surface area contributed by atoms with Crippen LogP contribution in [-0.4, -0.2) is 42.9 Å². The number of carbonyl (C=O) groups excluding carboxylic acids is 3. The summed E-state index contributed by atoms with van der Waals surface area (Å²) in [5, 5.41) is 4.93. The van der Waals surface area contributed by atoms with Crippen LogP contribution in [0.5, 0.6) is 11.5 Å². The Hall–Kier alpha value is -4.49. The molecule has 5 rings (SSSR count). The molecule has 7 heteroatoms. The Kier molecular flexibility index (Phi) is 6.47. The second kappa shape index (κ2) is 10.0. The van der Waals surface area contributed by atoms with E-state index in [1.54, 1.807) is 37.4 Å². The molecular weight excluding hydrogens is 456 g/mol. The van der Waals surface area contributed by atoms with Gasteiger partial charge in [0.1, 0.15) is 11.5 Å². The molecule has 0 radical (unpaired) electrons.